The molecule has 0 atom stereocenters. The van der Waals surface area contributed by atoms with E-state index >= 15 is 0 Å². The van der Waals surface area contributed by atoms with Crippen LogP contribution in [0.25, 0.3) is 16.7 Å². The Labute approximate surface area is 176 Å². The summed E-state index contributed by atoms with van der Waals surface area (Å²) in [6.45, 7) is 11.1. The van der Waals surface area contributed by atoms with Crippen LogP contribution >= 0.6 is 23.2 Å². The van der Waals surface area contributed by atoms with Gasteiger partial charge in [-0.15, -0.1) is 0 Å². The molecule has 2 aromatic rings. The van der Waals surface area contributed by atoms with Crippen molar-refractivity contribution in [3.05, 3.63) is 63.1 Å². The van der Waals surface area contributed by atoms with Crippen molar-refractivity contribution in [3.63, 3.8) is 0 Å². The lowest BCUT2D eigenvalue weighted by Gasteiger charge is -2.40. The Morgan fingerprint density at radius 2 is 1.32 bits per heavy atom. The van der Waals surface area contributed by atoms with Crippen LogP contribution in [-0.4, -0.2) is 11.6 Å². The molecule has 0 spiro atoms. The van der Waals surface area contributed by atoms with Gasteiger partial charge in [-0.3, -0.25) is 9.59 Å². The SMILES string of the molecule is CC1=C(c2cc(-c3cc(Cl)cc(Cl)c3)ccc2C)C(=O)C(C)(C)C(=O)C1(C)C. The van der Waals surface area contributed by atoms with Crippen molar-refractivity contribution in [2.45, 2.75) is 41.5 Å². The number of benzene rings is 2. The van der Waals surface area contributed by atoms with Crippen LogP contribution in [0.3, 0.4) is 0 Å². The van der Waals surface area contributed by atoms with E-state index in [0.717, 1.165) is 27.8 Å². The van der Waals surface area contributed by atoms with Gasteiger partial charge in [-0.2, -0.15) is 0 Å². The molecule has 0 unspecified atom stereocenters. The molecule has 0 N–H and O–H groups in total. The topological polar surface area (TPSA) is 34.1 Å². The van der Waals surface area contributed by atoms with Crippen molar-refractivity contribution >= 4 is 40.3 Å². The van der Waals surface area contributed by atoms with Gasteiger partial charge in [-0.25, -0.2) is 0 Å². The lowest BCUT2D eigenvalue weighted by molar-refractivity contribution is -0.141. The molecular formula is C24H24Cl2O2. The van der Waals surface area contributed by atoms with Crippen molar-refractivity contribution in [2.24, 2.45) is 10.8 Å². The van der Waals surface area contributed by atoms with E-state index < -0.39 is 10.8 Å². The van der Waals surface area contributed by atoms with E-state index in [2.05, 4.69) is 0 Å². The molecule has 2 nitrogen and oxygen atoms in total. The molecule has 4 heteroatoms. The summed E-state index contributed by atoms with van der Waals surface area (Å²) < 4.78 is 0. The number of rotatable bonds is 2. The van der Waals surface area contributed by atoms with Gasteiger partial charge in [0.25, 0.3) is 0 Å². The van der Waals surface area contributed by atoms with Crippen molar-refractivity contribution < 1.29 is 9.59 Å². The minimum atomic E-state index is -1.06. The standard InChI is InChI=1S/C24H24Cl2O2/c1-13-7-8-15(16-9-17(25)12-18(26)10-16)11-19(13)20-14(2)23(3,4)22(28)24(5,6)21(20)27/h7-12H,1-6H3. The second kappa shape index (κ2) is 6.86. The van der Waals surface area contributed by atoms with Gasteiger partial charge in [0.15, 0.2) is 11.6 Å². The Hall–Kier alpha value is -1.90. The number of halogens is 2. The zero-order valence-corrected chi connectivity index (χ0v) is 18.5. The lowest BCUT2D eigenvalue weighted by Crippen LogP contribution is -2.47. The predicted molar refractivity (Wildman–Crippen MR) is 117 cm³/mol. The van der Waals surface area contributed by atoms with Crippen LogP contribution in [0.5, 0.6) is 0 Å². The zero-order valence-electron chi connectivity index (χ0n) is 17.0. The molecule has 0 bridgehead atoms. The second-order valence-corrected chi connectivity index (χ2v) is 9.47. The average molecular weight is 415 g/mol. The van der Waals surface area contributed by atoms with Crippen molar-refractivity contribution in [1.82, 2.24) is 0 Å². The minimum absolute atomic E-state index is 0.0401. The number of carbonyl (C=O) groups is 2. The first kappa shape index (κ1) is 20.8. The summed E-state index contributed by atoms with van der Waals surface area (Å²) in [6.07, 6.45) is 0. The van der Waals surface area contributed by atoms with Gasteiger partial charge in [0.1, 0.15) is 0 Å². The van der Waals surface area contributed by atoms with Crippen LogP contribution in [0.2, 0.25) is 10.0 Å². The molecule has 0 saturated heterocycles. The number of hydrogen-bond acceptors (Lipinski definition) is 2. The van der Waals surface area contributed by atoms with Crippen molar-refractivity contribution in [3.8, 4) is 11.1 Å². The molecule has 0 fully saturated rings. The molecule has 0 aromatic heterocycles. The number of Topliss-reactive ketones (excluding diaryl/α,β-unsaturated/α-hetero) is 2. The number of ketones is 2. The highest BCUT2D eigenvalue weighted by Crippen LogP contribution is 2.47. The highest BCUT2D eigenvalue weighted by Gasteiger charge is 2.51. The zero-order chi connectivity index (χ0) is 21.0. The first-order valence-corrected chi connectivity index (χ1v) is 10.0. The monoisotopic (exact) mass is 414 g/mol. The molecule has 28 heavy (non-hydrogen) atoms. The van der Waals surface area contributed by atoms with Crippen LogP contribution < -0.4 is 0 Å². The quantitative estimate of drug-likeness (QED) is 0.498. The third-order valence-electron chi connectivity index (χ3n) is 5.95. The van der Waals surface area contributed by atoms with Crippen LogP contribution in [0.1, 0.15) is 45.7 Å². The van der Waals surface area contributed by atoms with Gasteiger partial charge in [-0.1, -0.05) is 35.3 Å². The summed E-state index contributed by atoms with van der Waals surface area (Å²) in [5, 5.41) is 1.11. The Bertz CT molecular complexity index is 1020. The second-order valence-electron chi connectivity index (χ2n) is 8.60. The lowest BCUT2D eigenvalue weighted by atomic mass is 9.60. The number of allylic oxidation sites excluding steroid dienone is 2. The highest BCUT2D eigenvalue weighted by molar-refractivity contribution is 6.35. The molecule has 0 heterocycles. The summed E-state index contributed by atoms with van der Waals surface area (Å²) in [5.41, 5.74) is 3.34. The Balaban J connectivity index is 2.27. The molecular weight excluding hydrogens is 391 g/mol. The largest absolute Gasteiger partial charge is 0.298 e. The fourth-order valence-corrected chi connectivity index (χ4v) is 4.49. The van der Waals surface area contributed by atoms with Gasteiger partial charge in [0, 0.05) is 21.0 Å². The Morgan fingerprint density at radius 1 is 0.750 bits per heavy atom. The fraction of sp³-hybridized carbons (Fsp3) is 0.333. The third kappa shape index (κ3) is 3.23. The maximum absolute atomic E-state index is 13.3. The molecule has 0 aliphatic heterocycles. The van der Waals surface area contributed by atoms with E-state index in [4.69, 9.17) is 23.2 Å². The molecule has 0 saturated carbocycles. The van der Waals surface area contributed by atoms with Gasteiger partial charge >= 0.3 is 0 Å². The first-order chi connectivity index (χ1) is 12.9. The molecule has 2 aromatic carbocycles. The van der Waals surface area contributed by atoms with Crippen molar-refractivity contribution in [2.75, 3.05) is 0 Å². The number of aryl methyl sites for hydroxylation is 1. The van der Waals surface area contributed by atoms with Gasteiger partial charge < -0.3 is 0 Å². The average Bonchev–Trinajstić information content (AvgIpc) is 2.60. The summed E-state index contributed by atoms with van der Waals surface area (Å²) in [6, 6.07) is 11.4. The summed E-state index contributed by atoms with van der Waals surface area (Å²) >= 11 is 12.3. The molecule has 146 valence electrons. The number of hydrogen-bond donors (Lipinski definition) is 0. The van der Waals surface area contributed by atoms with E-state index in [0.29, 0.717) is 15.6 Å². The maximum Gasteiger partial charge on any atom is 0.176 e. The molecule has 1 aliphatic carbocycles. The van der Waals surface area contributed by atoms with Crippen LogP contribution in [0, 0.1) is 17.8 Å². The predicted octanol–water partition coefficient (Wildman–Crippen LogP) is 6.95. The normalized spacial score (nSPS) is 18.6. The highest BCUT2D eigenvalue weighted by atomic mass is 35.5. The smallest absolute Gasteiger partial charge is 0.176 e. The molecule has 3 rings (SSSR count). The van der Waals surface area contributed by atoms with Crippen LogP contribution in [-0.2, 0) is 9.59 Å². The van der Waals surface area contributed by atoms with E-state index in [1.54, 1.807) is 19.9 Å². The first-order valence-electron chi connectivity index (χ1n) is 9.26. The minimum Gasteiger partial charge on any atom is -0.298 e. The summed E-state index contributed by atoms with van der Waals surface area (Å²) in [5.74, 6) is -0.166. The number of carbonyl (C=O) groups excluding carboxylic acids is 2. The summed E-state index contributed by atoms with van der Waals surface area (Å²) in [4.78, 5) is 26.3. The molecule has 1 aliphatic rings. The Kier molecular flexibility index (Phi) is 5.10. The summed E-state index contributed by atoms with van der Waals surface area (Å²) in [7, 11) is 0. The van der Waals surface area contributed by atoms with E-state index in [9.17, 15) is 9.59 Å². The third-order valence-corrected chi connectivity index (χ3v) is 6.38. The van der Waals surface area contributed by atoms with E-state index in [1.165, 1.54) is 0 Å². The Morgan fingerprint density at radius 3 is 1.89 bits per heavy atom. The van der Waals surface area contributed by atoms with Crippen LogP contribution in [0.4, 0.5) is 0 Å². The van der Waals surface area contributed by atoms with Crippen molar-refractivity contribution in [1.29, 1.82) is 0 Å². The molecule has 0 amide bonds. The van der Waals surface area contributed by atoms with Gasteiger partial charge in [-0.05, 0) is 93.6 Å². The maximum atomic E-state index is 13.3. The van der Waals surface area contributed by atoms with Gasteiger partial charge in [0.2, 0.25) is 0 Å². The fourth-order valence-electron chi connectivity index (χ4n) is 3.97. The van der Waals surface area contributed by atoms with E-state index in [1.807, 2.05) is 58.0 Å². The molecule has 0 radical (unpaired) electrons. The van der Waals surface area contributed by atoms with E-state index in [-0.39, 0.29) is 11.6 Å². The van der Waals surface area contributed by atoms with Gasteiger partial charge in [0.05, 0.1) is 5.41 Å². The van der Waals surface area contributed by atoms with Crippen LogP contribution in [0.15, 0.2) is 42.0 Å².